The first-order chi connectivity index (χ1) is 15.2. The molecule has 32 heavy (non-hydrogen) atoms. The van der Waals surface area contributed by atoms with Crippen LogP contribution in [0.2, 0.25) is 0 Å². The highest BCUT2D eigenvalue weighted by atomic mass is 79.9. The first-order valence-corrected chi connectivity index (χ1v) is 12.9. The molecule has 1 unspecified atom stereocenters. The molecule has 8 heteroatoms. The molecule has 0 aliphatic heterocycles. The van der Waals surface area contributed by atoms with Crippen LogP contribution >= 0.6 is 15.9 Å². The van der Waals surface area contributed by atoms with E-state index in [1.807, 2.05) is 62.4 Å². The first kappa shape index (κ1) is 25.9. The second kappa shape index (κ2) is 12.6. The molecule has 0 bridgehead atoms. The SMILES string of the molecule is CCS(=O)(=O)NC(C(=O)NCCc1ccc(OCC#Cc2ccc(Br)cc2)cc1)C(C)C. The van der Waals surface area contributed by atoms with Crippen molar-refractivity contribution in [3.05, 3.63) is 64.1 Å². The number of carbonyl (C=O) groups is 1. The Morgan fingerprint density at radius 1 is 1.09 bits per heavy atom. The predicted octanol–water partition coefficient (Wildman–Crippen LogP) is 3.50. The van der Waals surface area contributed by atoms with Gasteiger partial charge in [-0.25, -0.2) is 13.1 Å². The fraction of sp³-hybridized carbons (Fsp3) is 0.375. The van der Waals surface area contributed by atoms with E-state index in [1.54, 1.807) is 6.92 Å². The Kier molecular flexibility index (Phi) is 10.2. The van der Waals surface area contributed by atoms with Crippen LogP contribution < -0.4 is 14.8 Å². The van der Waals surface area contributed by atoms with E-state index in [1.165, 1.54) is 0 Å². The minimum atomic E-state index is -3.45. The summed E-state index contributed by atoms with van der Waals surface area (Å²) in [4.78, 5) is 12.4. The van der Waals surface area contributed by atoms with Crippen LogP contribution in [0.5, 0.6) is 5.75 Å². The number of hydrogen-bond acceptors (Lipinski definition) is 4. The molecule has 0 aliphatic carbocycles. The summed E-state index contributed by atoms with van der Waals surface area (Å²) in [6.07, 6.45) is 0.626. The molecular formula is C24H29BrN2O4S. The van der Waals surface area contributed by atoms with Crippen molar-refractivity contribution in [2.75, 3.05) is 18.9 Å². The van der Waals surface area contributed by atoms with Crippen molar-refractivity contribution < 1.29 is 17.9 Å². The fourth-order valence-electron chi connectivity index (χ4n) is 2.75. The molecule has 0 saturated heterocycles. The summed E-state index contributed by atoms with van der Waals surface area (Å²) in [5, 5.41) is 2.82. The van der Waals surface area contributed by atoms with Gasteiger partial charge in [0.1, 0.15) is 18.4 Å². The van der Waals surface area contributed by atoms with Crippen LogP contribution in [0.25, 0.3) is 0 Å². The van der Waals surface area contributed by atoms with Gasteiger partial charge in [-0.1, -0.05) is 53.8 Å². The third-order valence-electron chi connectivity index (χ3n) is 4.66. The molecule has 0 aliphatic rings. The van der Waals surface area contributed by atoms with Gasteiger partial charge in [0.05, 0.1) is 5.75 Å². The average Bonchev–Trinajstić information content (AvgIpc) is 2.77. The van der Waals surface area contributed by atoms with Gasteiger partial charge < -0.3 is 10.1 Å². The molecule has 0 saturated carbocycles. The Labute approximate surface area is 199 Å². The van der Waals surface area contributed by atoms with E-state index in [0.29, 0.717) is 13.0 Å². The number of amides is 1. The van der Waals surface area contributed by atoms with Crippen molar-refractivity contribution in [2.24, 2.45) is 5.92 Å². The van der Waals surface area contributed by atoms with Crippen molar-refractivity contribution in [3.63, 3.8) is 0 Å². The van der Waals surface area contributed by atoms with Crippen molar-refractivity contribution >= 4 is 31.9 Å². The Morgan fingerprint density at radius 3 is 2.34 bits per heavy atom. The number of sulfonamides is 1. The van der Waals surface area contributed by atoms with Gasteiger partial charge in [-0.05, 0) is 61.2 Å². The van der Waals surface area contributed by atoms with E-state index in [2.05, 4.69) is 37.8 Å². The number of nitrogens with one attached hydrogen (secondary N) is 2. The summed E-state index contributed by atoms with van der Waals surface area (Å²) in [5.41, 5.74) is 1.96. The van der Waals surface area contributed by atoms with Gasteiger partial charge in [-0.3, -0.25) is 4.79 Å². The standard InChI is InChI=1S/C24H29BrN2O4S/c1-4-32(29,30)27-23(18(2)3)24(28)26-16-15-20-9-13-22(14-10-20)31-17-5-6-19-7-11-21(25)12-8-19/h7-14,18,23,27H,4,15-17H2,1-3H3,(H,26,28). The summed E-state index contributed by atoms with van der Waals surface area (Å²) < 4.78 is 32.7. The fourth-order valence-corrected chi connectivity index (χ4v) is 3.95. The Balaban J connectivity index is 1.78. The van der Waals surface area contributed by atoms with Crippen LogP contribution in [0.1, 0.15) is 31.9 Å². The molecule has 2 N–H and O–H groups in total. The summed E-state index contributed by atoms with van der Waals surface area (Å²) >= 11 is 3.39. The largest absolute Gasteiger partial charge is 0.481 e. The van der Waals surface area contributed by atoms with E-state index in [9.17, 15) is 13.2 Å². The Bertz CT molecular complexity index is 1040. The van der Waals surface area contributed by atoms with Crippen LogP contribution in [-0.2, 0) is 21.2 Å². The van der Waals surface area contributed by atoms with Crippen molar-refractivity contribution in [3.8, 4) is 17.6 Å². The van der Waals surface area contributed by atoms with Crippen LogP contribution in [0, 0.1) is 17.8 Å². The Hall–Kier alpha value is -2.34. The van der Waals surface area contributed by atoms with Crippen LogP contribution in [0.15, 0.2) is 53.0 Å². The lowest BCUT2D eigenvalue weighted by Gasteiger charge is -2.21. The molecule has 2 aromatic rings. The zero-order valence-electron chi connectivity index (χ0n) is 18.5. The lowest BCUT2D eigenvalue weighted by molar-refractivity contribution is -0.123. The molecular weight excluding hydrogens is 492 g/mol. The van der Waals surface area contributed by atoms with E-state index < -0.39 is 16.1 Å². The quantitative estimate of drug-likeness (QED) is 0.469. The second-order valence-electron chi connectivity index (χ2n) is 7.53. The first-order valence-electron chi connectivity index (χ1n) is 10.4. The lowest BCUT2D eigenvalue weighted by atomic mass is 10.0. The lowest BCUT2D eigenvalue weighted by Crippen LogP contribution is -2.50. The molecule has 2 aromatic carbocycles. The van der Waals surface area contributed by atoms with E-state index >= 15 is 0 Å². The van der Waals surface area contributed by atoms with Crippen molar-refractivity contribution in [1.29, 1.82) is 0 Å². The van der Waals surface area contributed by atoms with Gasteiger partial charge >= 0.3 is 0 Å². The number of carbonyl (C=O) groups excluding carboxylic acids is 1. The van der Waals surface area contributed by atoms with Crippen LogP contribution in [0.3, 0.4) is 0 Å². The third kappa shape index (κ3) is 9.03. The number of halogens is 1. The molecule has 0 radical (unpaired) electrons. The predicted molar refractivity (Wildman–Crippen MR) is 131 cm³/mol. The highest BCUT2D eigenvalue weighted by Crippen LogP contribution is 2.13. The van der Waals surface area contributed by atoms with Gasteiger partial charge in [-0.15, -0.1) is 0 Å². The molecule has 1 atom stereocenters. The van der Waals surface area contributed by atoms with E-state index in [-0.39, 0.29) is 24.2 Å². The van der Waals surface area contributed by atoms with Gasteiger partial charge in [-0.2, -0.15) is 0 Å². The van der Waals surface area contributed by atoms with Crippen molar-refractivity contribution in [1.82, 2.24) is 10.0 Å². The average molecular weight is 521 g/mol. The molecule has 172 valence electrons. The smallest absolute Gasteiger partial charge is 0.238 e. The normalized spacial score (nSPS) is 12.0. The van der Waals surface area contributed by atoms with E-state index in [0.717, 1.165) is 21.3 Å². The summed E-state index contributed by atoms with van der Waals surface area (Å²) in [5.74, 6) is 6.22. The zero-order valence-corrected chi connectivity index (χ0v) is 20.9. The minimum absolute atomic E-state index is 0.0618. The maximum atomic E-state index is 12.4. The van der Waals surface area contributed by atoms with Gasteiger partial charge in [0.15, 0.2) is 0 Å². The number of hydrogen-bond donors (Lipinski definition) is 2. The van der Waals surface area contributed by atoms with Gasteiger partial charge in [0.25, 0.3) is 0 Å². The molecule has 1 amide bonds. The molecule has 6 nitrogen and oxygen atoms in total. The summed E-state index contributed by atoms with van der Waals surface area (Å²) in [6.45, 7) is 5.86. The minimum Gasteiger partial charge on any atom is -0.481 e. The highest BCUT2D eigenvalue weighted by Gasteiger charge is 2.26. The molecule has 2 rings (SSSR count). The molecule has 0 aromatic heterocycles. The van der Waals surface area contributed by atoms with Gasteiger partial charge in [0, 0.05) is 16.6 Å². The maximum absolute atomic E-state index is 12.4. The number of ether oxygens (including phenoxy) is 1. The molecule has 0 spiro atoms. The maximum Gasteiger partial charge on any atom is 0.238 e. The number of rotatable bonds is 10. The van der Waals surface area contributed by atoms with Crippen LogP contribution in [-0.4, -0.2) is 39.3 Å². The van der Waals surface area contributed by atoms with Crippen LogP contribution in [0.4, 0.5) is 0 Å². The van der Waals surface area contributed by atoms with Crippen molar-refractivity contribution in [2.45, 2.75) is 33.2 Å². The number of benzene rings is 2. The summed E-state index contributed by atoms with van der Waals surface area (Å²) in [7, 11) is -3.45. The third-order valence-corrected chi connectivity index (χ3v) is 6.56. The second-order valence-corrected chi connectivity index (χ2v) is 10.5. The molecule has 0 heterocycles. The highest BCUT2D eigenvalue weighted by molar-refractivity contribution is 9.10. The van der Waals surface area contributed by atoms with Gasteiger partial charge in [0.2, 0.25) is 15.9 Å². The van der Waals surface area contributed by atoms with E-state index in [4.69, 9.17) is 4.74 Å². The topological polar surface area (TPSA) is 84.5 Å². The Morgan fingerprint density at radius 2 is 1.75 bits per heavy atom. The molecule has 0 fully saturated rings. The zero-order chi connectivity index (χ0) is 23.6. The monoisotopic (exact) mass is 520 g/mol. The summed E-state index contributed by atoms with van der Waals surface area (Å²) in [6, 6.07) is 14.6.